The van der Waals surface area contributed by atoms with Gasteiger partial charge in [-0.05, 0) is 38.2 Å². The lowest BCUT2D eigenvalue weighted by Gasteiger charge is -2.26. The number of hydrogen-bond donors (Lipinski definition) is 1. The molecule has 0 saturated heterocycles. The monoisotopic (exact) mass is 254 g/mol. The molecule has 92 valence electrons. The fourth-order valence-corrected chi connectivity index (χ4v) is 2.56. The first kappa shape index (κ1) is 12.3. The quantitative estimate of drug-likeness (QED) is 0.852. The van der Waals surface area contributed by atoms with Crippen LogP contribution in [-0.2, 0) is 10.3 Å². The van der Waals surface area contributed by atoms with Gasteiger partial charge in [0, 0.05) is 7.11 Å². The summed E-state index contributed by atoms with van der Waals surface area (Å²) in [5.74, 6) is -0.291. The molecule has 0 aliphatic rings. The molecule has 0 saturated carbocycles. The number of ether oxygens (including phenoxy) is 1. The fourth-order valence-electron chi connectivity index (χ4n) is 2.11. The van der Waals surface area contributed by atoms with Crippen molar-refractivity contribution >= 4 is 23.3 Å². The summed E-state index contributed by atoms with van der Waals surface area (Å²) in [6.45, 7) is 4.51. The van der Waals surface area contributed by atoms with Crippen LogP contribution in [0.1, 0.15) is 13.8 Å². The molecule has 1 aromatic heterocycles. The molecule has 0 fully saturated rings. The molecule has 1 N–H and O–H groups in total. The fraction of sp³-hybridized carbons (Fsp3) is 0.417. The Morgan fingerprint density at radius 3 is 2.82 bits per heavy atom. The van der Waals surface area contributed by atoms with Gasteiger partial charge >= 0.3 is 0 Å². The van der Waals surface area contributed by atoms with E-state index in [4.69, 9.17) is 17.0 Å². The van der Waals surface area contributed by atoms with E-state index in [1.165, 1.54) is 6.07 Å². The molecule has 1 heterocycles. The zero-order valence-corrected chi connectivity index (χ0v) is 10.9. The first-order valence-corrected chi connectivity index (χ1v) is 5.77. The minimum Gasteiger partial charge on any atom is -0.382 e. The van der Waals surface area contributed by atoms with Crippen molar-refractivity contribution in [2.24, 2.45) is 0 Å². The number of H-pyrrole nitrogens is 1. The molecular weight excluding hydrogens is 239 g/mol. The SMILES string of the molecule is COCC(C)(C)n1c(=S)[nH]c2c(F)cccc21. The van der Waals surface area contributed by atoms with Gasteiger partial charge in [-0.1, -0.05) is 6.07 Å². The van der Waals surface area contributed by atoms with Crippen molar-refractivity contribution in [3.63, 3.8) is 0 Å². The molecule has 2 rings (SSSR count). The minimum absolute atomic E-state index is 0.291. The predicted octanol–water partition coefficient (Wildman–Crippen LogP) is 3.22. The average Bonchev–Trinajstić information content (AvgIpc) is 2.56. The van der Waals surface area contributed by atoms with E-state index in [9.17, 15) is 4.39 Å². The number of aromatic nitrogens is 2. The Bertz CT molecular complexity index is 600. The Morgan fingerprint density at radius 1 is 1.47 bits per heavy atom. The number of hydrogen-bond acceptors (Lipinski definition) is 2. The first-order valence-electron chi connectivity index (χ1n) is 5.36. The molecule has 0 aliphatic carbocycles. The maximum absolute atomic E-state index is 13.6. The summed E-state index contributed by atoms with van der Waals surface area (Å²) in [5, 5.41) is 0. The average molecular weight is 254 g/mol. The van der Waals surface area contributed by atoms with Crippen LogP contribution >= 0.6 is 12.2 Å². The highest BCUT2D eigenvalue weighted by molar-refractivity contribution is 7.71. The van der Waals surface area contributed by atoms with Gasteiger partial charge in [0.25, 0.3) is 0 Å². The number of para-hydroxylation sites is 1. The Balaban J connectivity index is 2.74. The molecule has 1 aromatic carbocycles. The number of imidazole rings is 1. The van der Waals surface area contributed by atoms with Crippen LogP contribution in [0.25, 0.3) is 11.0 Å². The van der Waals surface area contributed by atoms with Gasteiger partial charge in [0.2, 0.25) is 0 Å². The van der Waals surface area contributed by atoms with Gasteiger partial charge in [-0.15, -0.1) is 0 Å². The minimum atomic E-state index is -0.322. The summed E-state index contributed by atoms with van der Waals surface area (Å²) in [6.07, 6.45) is 0. The number of benzene rings is 1. The summed E-state index contributed by atoms with van der Waals surface area (Å²) in [4.78, 5) is 2.91. The second-order valence-electron chi connectivity index (χ2n) is 4.64. The summed E-state index contributed by atoms with van der Waals surface area (Å²) in [5.41, 5.74) is 0.886. The van der Waals surface area contributed by atoms with E-state index in [-0.39, 0.29) is 11.4 Å². The number of nitrogens with zero attached hydrogens (tertiary/aromatic N) is 1. The standard InChI is InChI=1S/C12H15FN2OS/c1-12(2,7-16-3)15-9-6-4-5-8(13)10(9)14-11(15)17/h4-6H,7H2,1-3H3,(H,14,17). The summed E-state index contributed by atoms with van der Waals surface area (Å²) in [7, 11) is 1.64. The molecule has 17 heavy (non-hydrogen) atoms. The first-order chi connectivity index (χ1) is 7.97. The van der Waals surface area contributed by atoms with E-state index < -0.39 is 0 Å². The smallest absolute Gasteiger partial charge is 0.178 e. The van der Waals surface area contributed by atoms with Crippen LogP contribution in [0.4, 0.5) is 4.39 Å². The summed E-state index contributed by atoms with van der Waals surface area (Å²) < 4.78 is 21.2. The van der Waals surface area contributed by atoms with Crippen LogP contribution in [0.3, 0.4) is 0 Å². The molecule has 0 bridgehead atoms. The van der Waals surface area contributed by atoms with Gasteiger partial charge in [-0.3, -0.25) is 0 Å². The van der Waals surface area contributed by atoms with Crippen LogP contribution in [-0.4, -0.2) is 23.3 Å². The Hall–Kier alpha value is -1.20. The second-order valence-corrected chi connectivity index (χ2v) is 5.03. The lowest BCUT2D eigenvalue weighted by Crippen LogP contribution is -2.31. The van der Waals surface area contributed by atoms with Crippen molar-refractivity contribution in [1.29, 1.82) is 0 Å². The maximum Gasteiger partial charge on any atom is 0.178 e. The van der Waals surface area contributed by atoms with Gasteiger partial charge in [0.05, 0.1) is 17.7 Å². The molecule has 3 nitrogen and oxygen atoms in total. The molecule has 0 radical (unpaired) electrons. The lowest BCUT2D eigenvalue weighted by atomic mass is 10.1. The molecule has 2 aromatic rings. The van der Waals surface area contributed by atoms with Gasteiger partial charge in [-0.25, -0.2) is 4.39 Å². The molecule has 5 heteroatoms. The van der Waals surface area contributed by atoms with Crippen molar-refractivity contribution in [1.82, 2.24) is 9.55 Å². The van der Waals surface area contributed by atoms with E-state index in [0.717, 1.165) is 5.52 Å². The van der Waals surface area contributed by atoms with Gasteiger partial charge < -0.3 is 14.3 Å². The topological polar surface area (TPSA) is 29.9 Å². The number of halogens is 1. The highest BCUT2D eigenvalue weighted by Gasteiger charge is 2.24. The van der Waals surface area contributed by atoms with E-state index in [1.54, 1.807) is 13.2 Å². The van der Waals surface area contributed by atoms with Gasteiger partial charge in [-0.2, -0.15) is 0 Å². The third kappa shape index (κ3) is 2.00. The molecule has 0 atom stereocenters. The number of methoxy groups -OCH3 is 1. The lowest BCUT2D eigenvalue weighted by molar-refractivity contribution is 0.111. The van der Waals surface area contributed by atoms with Gasteiger partial charge in [0.1, 0.15) is 11.3 Å². The van der Waals surface area contributed by atoms with E-state index in [1.807, 2.05) is 24.5 Å². The zero-order chi connectivity index (χ0) is 12.6. The van der Waals surface area contributed by atoms with Gasteiger partial charge in [0.15, 0.2) is 4.77 Å². The van der Waals surface area contributed by atoms with Crippen LogP contribution in [0.15, 0.2) is 18.2 Å². The number of aromatic amines is 1. The van der Waals surface area contributed by atoms with Crippen molar-refractivity contribution in [2.45, 2.75) is 19.4 Å². The predicted molar refractivity (Wildman–Crippen MR) is 68.3 cm³/mol. The molecular formula is C12H15FN2OS. The normalized spacial score (nSPS) is 12.2. The Labute approximate surface area is 104 Å². The second kappa shape index (κ2) is 4.23. The number of nitrogens with one attached hydrogen (secondary N) is 1. The van der Waals surface area contributed by atoms with Crippen LogP contribution in [0, 0.1) is 10.6 Å². The molecule has 0 unspecified atom stereocenters. The highest BCUT2D eigenvalue weighted by Crippen LogP contribution is 2.25. The highest BCUT2D eigenvalue weighted by atomic mass is 32.1. The molecule has 0 aliphatic heterocycles. The van der Waals surface area contributed by atoms with Crippen LogP contribution < -0.4 is 0 Å². The van der Waals surface area contributed by atoms with Crippen LogP contribution in [0.5, 0.6) is 0 Å². The van der Waals surface area contributed by atoms with E-state index >= 15 is 0 Å². The van der Waals surface area contributed by atoms with E-state index in [0.29, 0.717) is 16.9 Å². The number of rotatable bonds is 3. The summed E-state index contributed by atoms with van der Waals surface area (Å²) >= 11 is 5.26. The molecule has 0 amide bonds. The van der Waals surface area contributed by atoms with Crippen molar-refractivity contribution in [3.05, 3.63) is 28.8 Å². The Kier molecular flexibility index (Phi) is 3.05. The largest absolute Gasteiger partial charge is 0.382 e. The van der Waals surface area contributed by atoms with Crippen molar-refractivity contribution in [2.75, 3.05) is 13.7 Å². The third-order valence-electron chi connectivity index (χ3n) is 2.77. The molecule has 0 spiro atoms. The van der Waals surface area contributed by atoms with Crippen molar-refractivity contribution < 1.29 is 9.13 Å². The summed E-state index contributed by atoms with van der Waals surface area (Å²) in [6, 6.07) is 4.95. The zero-order valence-electron chi connectivity index (χ0n) is 10.1. The maximum atomic E-state index is 13.6. The Morgan fingerprint density at radius 2 is 2.18 bits per heavy atom. The van der Waals surface area contributed by atoms with Crippen molar-refractivity contribution in [3.8, 4) is 0 Å². The number of fused-ring (bicyclic) bond motifs is 1. The third-order valence-corrected chi connectivity index (χ3v) is 3.06. The van der Waals surface area contributed by atoms with Crippen LogP contribution in [0.2, 0.25) is 0 Å². The van der Waals surface area contributed by atoms with E-state index in [2.05, 4.69) is 4.98 Å².